The summed E-state index contributed by atoms with van der Waals surface area (Å²) in [7, 11) is 0. The molecule has 0 aromatic heterocycles. The number of carbonyl (C=O) groups is 1. The minimum atomic E-state index is -0.352. The van der Waals surface area contributed by atoms with E-state index in [0.717, 1.165) is 5.56 Å². The number of para-hydroxylation sites is 1. The molecule has 0 spiro atoms. The molecule has 0 fully saturated rings. The number of aromatic hydroxyl groups is 1. The predicted molar refractivity (Wildman–Crippen MR) is 80.5 cm³/mol. The van der Waals surface area contributed by atoms with Gasteiger partial charge in [-0.05, 0) is 36.2 Å². The summed E-state index contributed by atoms with van der Waals surface area (Å²) in [6.45, 7) is 1.80. The van der Waals surface area contributed by atoms with E-state index in [0.29, 0.717) is 11.3 Å². The molecule has 0 aliphatic carbocycles. The molecule has 2 N–H and O–H groups in total. The first-order valence-corrected chi connectivity index (χ1v) is 6.44. The first kappa shape index (κ1) is 14.6. The number of hydrazone groups is 1. The Morgan fingerprint density at radius 3 is 2.86 bits per heavy atom. The first-order chi connectivity index (χ1) is 10.1. The molecule has 0 bridgehead atoms. The topological polar surface area (TPSA) is 70.9 Å². The second-order valence-corrected chi connectivity index (χ2v) is 4.44. The van der Waals surface area contributed by atoms with Crippen molar-refractivity contribution in [2.24, 2.45) is 5.10 Å². The van der Waals surface area contributed by atoms with Gasteiger partial charge in [-0.1, -0.05) is 30.3 Å². The van der Waals surface area contributed by atoms with Crippen molar-refractivity contribution in [1.82, 2.24) is 5.43 Å². The molecule has 5 heteroatoms. The van der Waals surface area contributed by atoms with Gasteiger partial charge in [0.05, 0.1) is 6.21 Å². The van der Waals surface area contributed by atoms with E-state index in [2.05, 4.69) is 10.5 Å². The number of nitrogens with zero attached hydrogens (tertiary/aromatic N) is 1. The van der Waals surface area contributed by atoms with Crippen molar-refractivity contribution in [3.05, 3.63) is 59.7 Å². The van der Waals surface area contributed by atoms with Crippen molar-refractivity contribution in [2.75, 3.05) is 6.61 Å². The van der Waals surface area contributed by atoms with Gasteiger partial charge in [0.2, 0.25) is 0 Å². The van der Waals surface area contributed by atoms with Crippen molar-refractivity contribution in [3.63, 3.8) is 0 Å². The molecule has 21 heavy (non-hydrogen) atoms. The van der Waals surface area contributed by atoms with Crippen LogP contribution in [-0.2, 0) is 4.79 Å². The number of hydrogen-bond donors (Lipinski definition) is 2. The molecule has 0 unspecified atom stereocenters. The predicted octanol–water partition coefficient (Wildman–Crippen LogP) is 2.23. The Balaban J connectivity index is 1.81. The second kappa shape index (κ2) is 7.09. The normalized spacial score (nSPS) is 10.5. The van der Waals surface area contributed by atoms with Crippen LogP contribution in [0.1, 0.15) is 11.1 Å². The van der Waals surface area contributed by atoms with Gasteiger partial charge in [0, 0.05) is 0 Å². The maximum absolute atomic E-state index is 11.6. The van der Waals surface area contributed by atoms with Crippen LogP contribution in [-0.4, -0.2) is 23.8 Å². The minimum Gasteiger partial charge on any atom is -0.508 e. The summed E-state index contributed by atoms with van der Waals surface area (Å²) in [6.07, 6.45) is 1.45. The lowest BCUT2D eigenvalue weighted by atomic mass is 10.2. The lowest BCUT2D eigenvalue weighted by molar-refractivity contribution is -0.123. The van der Waals surface area contributed by atoms with Gasteiger partial charge < -0.3 is 9.84 Å². The number of amides is 1. The highest BCUT2D eigenvalue weighted by atomic mass is 16.5. The number of aryl methyl sites for hydroxylation is 1. The zero-order valence-electron chi connectivity index (χ0n) is 11.6. The standard InChI is InChI=1S/C16H16N2O3/c1-12-5-2-3-8-15(12)21-11-16(20)18-17-10-13-6-4-7-14(19)9-13/h2-10,19H,11H2,1H3,(H,18,20)/b17-10+. The smallest absolute Gasteiger partial charge is 0.277 e. The van der Waals surface area contributed by atoms with Gasteiger partial charge in [0.1, 0.15) is 11.5 Å². The summed E-state index contributed by atoms with van der Waals surface area (Å²) in [5.41, 5.74) is 4.02. The number of benzene rings is 2. The van der Waals surface area contributed by atoms with Crippen molar-refractivity contribution in [1.29, 1.82) is 0 Å². The minimum absolute atomic E-state index is 0.109. The molecule has 1 amide bonds. The maximum atomic E-state index is 11.6. The fourth-order valence-corrected chi connectivity index (χ4v) is 1.68. The fraction of sp³-hybridized carbons (Fsp3) is 0.125. The molecule has 0 atom stereocenters. The van der Waals surface area contributed by atoms with Gasteiger partial charge in [0.15, 0.2) is 6.61 Å². The Kier molecular flexibility index (Phi) is 4.93. The number of nitrogens with one attached hydrogen (secondary N) is 1. The SMILES string of the molecule is Cc1ccccc1OCC(=O)N/N=C/c1cccc(O)c1. The van der Waals surface area contributed by atoms with Crippen molar-refractivity contribution in [3.8, 4) is 11.5 Å². The Morgan fingerprint density at radius 1 is 1.29 bits per heavy atom. The molecule has 5 nitrogen and oxygen atoms in total. The highest BCUT2D eigenvalue weighted by Crippen LogP contribution is 2.15. The Hall–Kier alpha value is -2.82. The number of phenols is 1. The van der Waals surface area contributed by atoms with E-state index in [-0.39, 0.29) is 18.3 Å². The molecule has 2 aromatic rings. The van der Waals surface area contributed by atoms with E-state index in [4.69, 9.17) is 4.74 Å². The summed E-state index contributed by atoms with van der Waals surface area (Å²) >= 11 is 0. The number of carbonyl (C=O) groups excluding carboxylic acids is 1. The zero-order chi connectivity index (χ0) is 15.1. The van der Waals surface area contributed by atoms with Gasteiger partial charge in [-0.25, -0.2) is 5.43 Å². The van der Waals surface area contributed by atoms with Crippen LogP contribution in [0.5, 0.6) is 11.5 Å². The van der Waals surface area contributed by atoms with Crippen LogP contribution in [0.25, 0.3) is 0 Å². The highest BCUT2D eigenvalue weighted by molar-refractivity contribution is 5.83. The summed E-state index contributed by atoms with van der Waals surface area (Å²) < 4.78 is 5.39. The van der Waals surface area contributed by atoms with Gasteiger partial charge >= 0.3 is 0 Å². The summed E-state index contributed by atoms with van der Waals surface area (Å²) in [5.74, 6) is 0.465. The third-order valence-electron chi connectivity index (χ3n) is 2.73. The molecule has 0 heterocycles. The number of rotatable bonds is 5. The molecular weight excluding hydrogens is 268 g/mol. The van der Waals surface area contributed by atoms with E-state index in [9.17, 15) is 9.90 Å². The monoisotopic (exact) mass is 284 g/mol. The van der Waals surface area contributed by atoms with E-state index in [1.165, 1.54) is 6.21 Å². The van der Waals surface area contributed by atoms with Crippen molar-refractivity contribution in [2.45, 2.75) is 6.92 Å². The van der Waals surface area contributed by atoms with Crippen LogP contribution >= 0.6 is 0 Å². The summed E-state index contributed by atoms with van der Waals surface area (Å²) in [4.78, 5) is 11.6. The molecule has 0 radical (unpaired) electrons. The Morgan fingerprint density at radius 2 is 2.10 bits per heavy atom. The first-order valence-electron chi connectivity index (χ1n) is 6.44. The molecule has 2 aromatic carbocycles. The van der Waals surface area contributed by atoms with Crippen LogP contribution in [0.4, 0.5) is 0 Å². The Labute approximate surface area is 122 Å². The number of phenolic OH excluding ortho intramolecular Hbond substituents is 1. The third kappa shape index (κ3) is 4.65. The fourth-order valence-electron chi connectivity index (χ4n) is 1.68. The lowest BCUT2D eigenvalue weighted by Crippen LogP contribution is -2.24. The van der Waals surface area contributed by atoms with Crippen LogP contribution in [0.15, 0.2) is 53.6 Å². The number of hydrogen-bond acceptors (Lipinski definition) is 4. The molecule has 108 valence electrons. The van der Waals surface area contributed by atoms with Gasteiger partial charge in [-0.3, -0.25) is 4.79 Å². The van der Waals surface area contributed by atoms with E-state index >= 15 is 0 Å². The van der Waals surface area contributed by atoms with E-state index in [1.54, 1.807) is 30.3 Å². The van der Waals surface area contributed by atoms with Crippen LogP contribution in [0, 0.1) is 6.92 Å². The third-order valence-corrected chi connectivity index (χ3v) is 2.73. The average Bonchev–Trinajstić information content (AvgIpc) is 2.46. The average molecular weight is 284 g/mol. The second-order valence-electron chi connectivity index (χ2n) is 4.44. The maximum Gasteiger partial charge on any atom is 0.277 e. The Bertz CT molecular complexity index is 653. The van der Waals surface area contributed by atoms with E-state index < -0.39 is 0 Å². The van der Waals surface area contributed by atoms with Gasteiger partial charge in [0.25, 0.3) is 5.91 Å². The summed E-state index contributed by atoms with van der Waals surface area (Å²) in [5, 5.41) is 13.1. The van der Waals surface area contributed by atoms with Crippen molar-refractivity contribution >= 4 is 12.1 Å². The molecule has 0 aliphatic rings. The quantitative estimate of drug-likeness (QED) is 0.653. The number of ether oxygens (including phenoxy) is 1. The largest absolute Gasteiger partial charge is 0.508 e. The van der Waals surface area contributed by atoms with Gasteiger partial charge in [-0.15, -0.1) is 0 Å². The van der Waals surface area contributed by atoms with E-state index in [1.807, 2.05) is 25.1 Å². The van der Waals surface area contributed by atoms with Crippen LogP contribution < -0.4 is 10.2 Å². The molecule has 0 aliphatic heterocycles. The molecular formula is C16H16N2O3. The van der Waals surface area contributed by atoms with Crippen LogP contribution in [0.2, 0.25) is 0 Å². The molecule has 0 saturated carbocycles. The van der Waals surface area contributed by atoms with Crippen molar-refractivity contribution < 1.29 is 14.6 Å². The molecule has 0 saturated heterocycles. The van der Waals surface area contributed by atoms with Gasteiger partial charge in [-0.2, -0.15) is 5.10 Å². The molecule has 2 rings (SSSR count). The summed E-state index contributed by atoms with van der Waals surface area (Å²) in [6, 6.07) is 14.0. The lowest BCUT2D eigenvalue weighted by Gasteiger charge is -2.07. The highest BCUT2D eigenvalue weighted by Gasteiger charge is 2.03. The van der Waals surface area contributed by atoms with Crippen LogP contribution in [0.3, 0.4) is 0 Å². The zero-order valence-corrected chi connectivity index (χ0v) is 11.6.